The van der Waals surface area contributed by atoms with Crippen LogP contribution in [0.4, 0.5) is 0 Å². The zero-order chi connectivity index (χ0) is 9.97. The molecule has 0 saturated carbocycles. The average Bonchev–Trinajstić information content (AvgIpc) is 2.65. The van der Waals surface area contributed by atoms with Gasteiger partial charge >= 0.3 is 0 Å². The highest BCUT2D eigenvalue weighted by Gasteiger charge is 2.24. The summed E-state index contributed by atoms with van der Waals surface area (Å²) < 4.78 is 10.3. The summed E-state index contributed by atoms with van der Waals surface area (Å²) in [5.41, 5.74) is 7.03. The Morgan fingerprint density at radius 3 is 2.71 bits per heavy atom. The summed E-state index contributed by atoms with van der Waals surface area (Å²) in [4.78, 5) is 0. The Bertz CT molecular complexity index is 294. The second-order valence-electron chi connectivity index (χ2n) is 3.63. The molecule has 2 N–H and O–H groups in total. The molecule has 1 aliphatic heterocycles. The van der Waals surface area contributed by atoms with Crippen LogP contribution >= 0.6 is 11.6 Å². The van der Waals surface area contributed by atoms with Crippen molar-refractivity contribution in [3.8, 4) is 0 Å². The van der Waals surface area contributed by atoms with Crippen molar-refractivity contribution < 1.29 is 9.15 Å². The summed E-state index contributed by atoms with van der Waals surface area (Å²) in [6.07, 6.45) is 3.59. The fourth-order valence-corrected chi connectivity index (χ4v) is 2.11. The van der Waals surface area contributed by atoms with E-state index in [1.54, 1.807) is 6.26 Å². The molecule has 0 aromatic carbocycles. The Balaban J connectivity index is 2.07. The van der Waals surface area contributed by atoms with Gasteiger partial charge < -0.3 is 14.9 Å². The number of hydrogen-bond donors (Lipinski definition) is 1. The Labute approximate surface area is 88.2 Å². The molecule has 2 rings (SSSR count). The molecule has 0 aliphatic carbocycles. The van der Waals surface area contributed by atoms with Crippen molar-refractivity contribution in [1.29, 1.82) is 0 Å². The lowest BCUT2D eigenvalue weighted by atomic mass is 9.89. The number of hydrogen-bond acceptors (Lipinski definition) is 3. The highest BCUT2D eigenvalue weighted by atomic mass is 35.5. The number of furan rings is 1. The van der Waals surface area contributed by atoms with Crippen LogP contribution in [0.5, 0.6) is 0 Å². The van der Waals surface area contributed by atoms with Crippen LogP contribution in [0.2, 0.25) is 5.22 Å². The molecule has 0 spiro atoms. The SMILES string of the molecule is NC(c1ccoc1Cl)C1CCOCC1. The van der Waals surface area contributed by atoms with E-state index >= 15 is 0 Å². The Morgan fingerprint density at radius 1 is 1.43 bits per heavy atom. The number of rotatable bonds is 2. The van der Waals surface area contributed by atoms with Crippen LogP contribution in [0.3, 0.4) is 0 Å². The molecule has 14 heavy (non-hydrogen) atoms. The van der Waals surface area contributed by atoms with Crippen molar-refractivity contribution in [2.45, 2.75) is 18.9 Å². The van der Waals surface area contributed by atoms with Crippen molar-refractivity contribution in [1.82, 2.24) is 0 Å². The first-order chi connectivity index (χ1) is 6.79. The molecular weight excluding hydrogens is 202 g/mol. The summed E-state index contributed by atoms with van der Waals surface area (Å²) in [6, 6.07) is 1.83. The van der Waals surface area contributed by atoms with E-state index in [2.05, 4.69) is 0 Å². The smallest absolute Gasteiger partial charge is 0.197 e. The van der Waals surface area contributed by atoms with Gasteiger partial charge in [0.15, 0.2) is 5.22 Å². The van der Waals surface area contributed by atoms with Crippen LogP contribution in [0.15, 0.2) is 16.7 Å². The quantitative estimate of drug-likeness (QED) is 0.824. The Kier molecular flexibility index (Phi) is 3.11. The molecule has 1 atom stereocenters. The lowest BCUT2D eigenvalue weighted by Crippen LogP contribution is -2.27. The summed E-state index contributed by atoms with van der Waals surface area (Å²) >= 11 is 5.88. The molecule has 3 nitrogen and oxygen atoms in total. The van der Waals surface area contributed by atoms with Crippen LogP contribution in [0.1, 0.15) is 24.4 Å². The van der Waals surface area contributed by atoms with Gasteiger partial charge in [0.05, 0.1) is 6.26 Å². The fraction of sp³-hybridized carbons (Fsp3) is 0.600. The van der Waals surface area contributed by atoms with Crippen LogP contribution in [-0.2, 0) is 4.74 Å². The van der Waals surface area contributed by atoms with Crippen LogP contribution in [0, 0.1) is 5.92 Å². The van der Waals surface area contributed by atoms with Crippen molar-refractivity contribution in [2.24, 2.45) is 11.7 Å². The van der Waals surface area contributed by atoms with Gasteiger partial charge in [0, 0.05) is 24.8 Å². The molecule has 1 aliphatic rings. The minimum Gasteiger partial charge on any atom is -0.453 e. The van der Waals surface area contributed by atoms with Gasteiger partial charge in [-0.05, 0) is 36.4 Å². The first-order valence-corrected chi connectivity index (χ1v) is 5.23. The summed E-state index contributed by atoms with van der Waals surface area (Å²) in [5, 5.41) is 0.420. The molecule has 4 heteroatoms. The monoisotopic (exact) mass is 215 g/mol. The topological polar surface area (TPSA) is 48.4 Å². The molecule has 2 heterocycles. The van der Waals surface area contributed by atoms with Crippen molar-refractivity contribution in [3.63, 3.8) is 0 Å². The van der Waals surface area contributed by atoms with Gasteiger partial charge in [0.2, 0.25) is 0 Å². The van der Waals surface area contributed by atoms with Crippen LogP contribution in [-0.4, -0.2) is 13.2 Å². The van der Waals surface area contributed by atoms with E-state index < -0.39 is 0 Å². The molecule has 78 valence electrons. The lowest BCUT2D eigenvalue weighted by Gasteiger charge is -2.27. The Hall–Kier alpha value is -0.510. The molecular formula is C10H14ClNO2. The van der Waals surface area contributed by atoms with Gasteiger partial charge in [-0.25, -0.2) is 0 Å². The maximum atomic E-state index is 6.12. The molecule has 1 unspecified atom stereocenters. The molecule has 0 amide bonds. The predicted octanol–water partition coefficient (Wildman–Crippen LogP) is 2.36. The van der Waals surface area contributed by atoms with Gasteiger partial charge in [-0.1, -0.05) is 0 Å². The highest BCUT2D eigenvalue weighted by Crippen LogP contribution is 2.32. The molecule has 0 radical (unpaired) electrons. The van der Waals surface area contributed by atoms with Gasteiger partial charge in [0.1, 0.15) is 0 Å². The molecule has 1 aromatic heterocycles. The van der Waals surface area contributed by atoms with Gasteiger partial charge in [-0.2, -0.15) is 0 Å². The third kappa shape index (κ3) is 1.95. The standard InChI is InChI=1S/C10H14ClNO2/c11-10-8(3-6-14-10)9(12)7-1-4-13-5-2-7/h3,6-7,9H,1-2,4-5,12H2. The van der Waals surface area contributed by atoms with Crippen LogP contribution in [0.25, 0.3) is 0 Å². The maximum Gasteiger partial charge on any atom is 0.197 e. The Morgan fingerprint density at radius 2 is 2.14 bits per heavy atom. The van der Waals surface area contributed by atoms with Crippen molar-refractivity contribution >= 4 is 11.6 Å². The van der Waals surface area contributed by atoms with E-state index in [9.17, 15) is 0 Å². The second kappa shape index (κ2) is 4.34. The minimum atomic E-state index is -0.0230. The fourth-order valence-electron chi connectivity index (χ4n) is 1.87. The van der Waals surface area contributed by atoms with E-state index in [4.69, 9.17) is 26.5 Å². The normalized spacial score (nSPS) is 21.0. The summed E-state index contributed by atoms with van der Waals surface area (Å²) in [5.74, 6) is 0.457. The largest absolute Gasteiger partial charge is 0.453 e. The van der Waals surface area contributed by atoms with E-state index in [0.717, 1.165) is 31.6 Å². The third-order valence-corrected chi connectivity index (χ3v) is 3.09. The van der Waals surface area contributed by atoms with Crippen molar-refractivity contribution in [2.75, 3.05) is 13.2 Å². The maximum absolute atomic E-state index is 6.12. The molecule has 1 fully saturated rings. The number of nitrogens with two attached hydrogens (primary N) is 1. The van der Waals surface area contributed by atoms with Gasteiger partial charge in [-0.3, -0.25) is 0 Å². The van der Waals surface area contributed by atoms with Crippen LogP contribution < -0.4 is 5.73 Å². The first kappa shape index (κ1) is 10.0. The zero-order valence-corrected chi connectivity index (χ0v) is 8.67. The van der Waals surface area contributed by atoms with E-state index in [-0.39, 0.29) is 6.04 Å². The first-order valence-electron chi connectivity index (χ1n) is 4.85. The van der Waals surface area contributed by atoms with Crippen molar-refractivity contribution in [3.05, 3.63) is 23.1 Å². The summed E-state index contributed by atoms with van der Waals surface area (Å²) in [6.45, 7) is 1.60. The predicted molar refractivity (Wildman–Crippen MR) is 54.2 cm³/mol. The van der Waals surface area contributed by atoms with E-state index in [1.807, 2.05) is 6.07 Å². The molecule has 1 saturated heterocycles. The highest BCUT2D eigenvalue weighted by molar-refractivity contribution is 6.29. The minimum absolute atomic E-state index is 0.0230. The summed E-state index contributed by atoms with van der Waals surface area (Å²) in [7, 11) is 0. The average molecular weight is 216 g/mol. The molecule has 0 bridgehead atoms. The zero-order valence-electron chi connectivity index (χ0n) is 7.91. The third-order valence-electron chi connectivity index (χ3n) is 2.78. The lowest BCUT2D eigenvalue weighted by molar-refractivity contribution is 0.0583. The van der Waals surface area contributed by atoms with Gasteiger partial charge in [0.25, 0.3) is 0 Å². The number of halogens is 1. The number of ether oxygens (including phenoxy) is 1. The van der Waals surface area contributed by atoms with E-state index in [1.165, 1.54) is 0 Å². The second-order valence-corrected chi connectivity index (χ2v) is 3.97. The van der Waals surface area contributed by atoms with E-state index in [0.29, 0.717) is 11.1 Å². The molecule has 1 aromatic rings. The van der Waals surface area contributed by atoms with Gasteiger partial charge in [-0.15, -0.1) is 0 Å².